The van der Waals surface area contributed by atoms with Gasteiger partial charge in [-0.1, -0.05) is 0 Å². The zero-order valence-corrected chi connectivity index (χ0v) is 12.4. The molecule has 7 nitrogen and oxygen atoms in total. The number of carbonyl (C=O) groups is 1. The summed E-state index contributed by atoms with van der Waals surface area (Å²) in [7, 11) is 1.56. The molecule has 0 bridgehead atoms. The molecule has 0 aliphatic rings. The number of hydrogen-bond donors (Lipinski definition) is 3. The van der Waals surface area contributed by atoms with E-state index in [1.165, 1.54) is 24.4 Å². The van der Waals surface area contributed by atoms with Crippen LogP contribution >= 0.6 is 0 Å². The first-order valence-corrected chi connectivity index (χ1v) is 6.69. The average molecular weight is 316 g/mol. The lowest BCUT2D eigenvalue weighted by Crippen LogP contribution is -2.24. The van der Waals surface area contributed by atoms with Gasteiger partial charge in [0.15, 0.2) is 6.61 Å². The van der Waals surface area contributed by atoms with Crippen molar-refractivity contribution in [3.05, 3.63) is 48.0 Å². The summed E-state index contributed by atoms with van der Waals surface area (Å²) in [5.41, 5.74) is 2.63. The Hall–Kier alpha value is -3.22. The molecule has 0 aliphatic carbocycles. The third-order valence-electron chi connectivity index (χ3n) is 2.84. The number of carbonyl (C=O) groups excluding carboxylic acids is 1. The van der Waals surface area contributed by atoms with E-state index in [0.717, 1.165) is 0 Å². The molecule has 7 heteroatoms. The highest BCUT2D eigenvalue weighted by Crippen LogP contribution is 2.20. The van der Waals surface area contributed by atoms with E-state index in [0.29, 0.717) is 17.1 Å². The number of nitrogens with zero attached hydrogens (tertiary/aromatic N) is 1. The van der Waals surface area contributed by atoms with Crippen LogP contribution in [0.3, 0.4) is 0 Å². The number of hydrazone groups is 1. The van der Waals surface area contributed by atoms with E-state index in [1.54, 1.807) is 31.4 Å². The topological polar surface area (TPSA) is 100 Å². The Balaban J connectivity index is 1.81. The third-order valence-corrected chi connectivity index (χ3v) is 2.84. The molecular weight excluding hydrogens is 300 g/mol. The number of amides is 1. The molecule has 0 aromatic heterocycles. The van der Waals surface area contributed by atoms with Crippen molar-refractivity contribution >= 4 is 12.1 Å². The molecule has 3 N–H and O–H groups in total. The van der Waals surface area contributed by atoms with Crippen molar-refractivity contribution in [3.8, 4) is 23.0 Å². The molecule has 0 spiro atoms. The fraction of sp³-hybridized carbons (Fsp3) is 0.125. The second kappa shape index (κ2) is 7.69. The van der Waals surface area contributed by atoms with E-state index in [1.807, 2.05) is 0 Å². The number of hydrogen-bond acceptors (Lipinski definition) is 6. The highest BCUT2D eigenvalue weighted by molar-refractivity contribution is 5.85. The van der Waals surface area contributed by atoms with Crippen LogP contribution in [0.2, 0.25) is 0 Å². The molecule has 0 unspecified atom stereocenters. The van der Waals surface area contributed by atoms with Gasteiger partial charge in [0.1, 0.15) is 23.0 Å². The Kier molecular flexibility index (Phi) is 5.40. The lowest BCUT2D eigenvalue weighted by Gasteiger charge is -2.06. The maximum Gasteiger partial charge on any atom is 0.277 e. The van der Waals surface area contributed by atoms with Crippen molar-refractivity contribution in [1.29, 1.82) is 0 Å². The second-order valence-electron chi connectivity index (χ2n) is 4.50. The van der Waals surface area contributed by atoms with Crippen LogP contribution in [-0.2, 0) is 4.79 Å². The fourth-order valence-corrected chi connectivity index (χ4v) is 1.67. The highest BCUT2D eigenvalue weighted by atomic mass is 16.5. The van der Waals surface area contributed by atoms with Crippen molar-refractivity contribution in [1.82, 2.24) is 5.43 Å². The number of nitrogens with one attached hydrogen (secondary N) is 1. The first-order chi connectivity index (χ1) is 11.1. The van der Waals surface area contributed by atoms with Crippen molar-refractivity contribution in [2.75, 3.05) is 13.7 Å². The van der Waals surface area contributed by atoms with Gasteiger partial charge in [-0.15, -0.1) is 0 Å². The van der Waals surface area contributed by atoms with Gasteiger partial charge in [0.2, 0.25) is 0 Å². The minimum atomic E-state index is -0.449. The molecule has 0 heterocycles. The van der Waals surface area contributed by atoms with Gasteiger partial charge in [0, 0.05) is 11.6 Å². The zero-order chi connectivity index (χ0) is 16.7. The van der Waals surface area contributed by atoms with Gasteiger partial charge in [-0.2, -0.15) is 5.10 Å². The smallest absolute Gasteiger partial charge is 0.277 e. The number of phenolic OH excluding ortho intramolecular Hbond substituents is 2. The predicted molar refractivity (Wildman–Crippen MR) is 84.0 cm³/mol. The monoisotopic (exact) mass is 316 g/mol. The van der Waals surface area contributed by atoms with Crippen molar-refractivity contribution in [2.24, 2.45) is 5.10 Å². The van der Waals surface area contributed by atoms with Crippen LogP contribution in [0.25, 0.3) is 0 Å². The number of phenols is 2. The van der Waals surface area contributed by atoms with Gasteiger partial charge < -0.3 is 19.7 Å². The van der Waals surface area contributed by atoms with Crippen molar-refractivity contribution in [2.45, 2.75) is 0 Å². The van der Waals surface area contributed by atoms with E-state index in [2.05, 4.69) is 10.5 Å². The van der Waals surface area contributed by atoms with E-state index < -0.39 is 5.91 Å². The number of methoxy groups -OCH3 is 1. The third kappa shape index (κ3) is 4.92. The van der Waals surface area contributed by atoms with E-state index >= 15 is 0 Å². The van der Waals surface area contributed by atoms with Crippen LogP contribution in [0.5, 0.6) is 23.0 Å². The highest BCUT2D eigenvalue weighted by Gasteiger charge is 2.03. The summed E-state index contributed by atoms with van der Waals surface area (Å²) in [6, 6.07) is 10.9. The maximum atomic E-state index is 11.6. The lowest BCUT2D eigenvalue weighted by atomic mass is 10.2. The molecule has 2 aromatic carbocycles. The summed E-state index contributed by atoms with van der Waals surface area (Å²) < 4.78 is 10.3. The molecule has 0 saturated carbocycles. The zero-order valence-electron chi connectivity index (χ0n) is 12.4. The quantitative estimate of drug-likeness (QED) is 0.555. The summed E-state index contributed by atoms with van der Waals surface area (Å²) in [6.45, 7) is -0.203. The van der Waals surface area contributed by atoms with Gasteiger partial charge >= 0.3 is 0 Å². The van der Waals surface area contributed by atoms with Crippen LogP contribution in [0.15, 0.2) is 47.6 Å². The molecule has 1 amide bonds. The molecule has 2 aromatic rings. The lowest BCUT2D eigenvalue weighted by molar-refractivity contribution is -0.123. The Morgan fingerprint density at radius 2 is 1.87 bits per heavy atom. The van der Waals surface area contributed by atoms with Crippen LogP contribution in [0, 0.1) is 0 Å². The van der Waals surface area contributed by atoms with Crippen LogP contribution in [-0.4, -0.2) is 36.1 Å². The Bertz CT molecular complexity index is 698. The SMILES string of the molecule is COc1ccc(OCC(=O)NN=Cc2ccc(O)cc2O)cc1. The molecule has 2 rings (SSSR count). The largest absolute Gasteiger partial charge is 0.508 e. The van der Waals surface area contributed by atoms with Gasteiger partial charge in [0.25, 0.3) is 5.91 Å². The predicted octanol–water partition coefficient (Wildman–Crippen LogP) is 1.64. The molecule has 120 valence electrons. The van der Waals surface area contributed by atoms with E-state index in [4.69, 9.17) is 14.6 Å². The van der Waals surface area contributed by atoms with Gasteiger partial charge in [-0.25, -0.2) is 5.43 Å². The average Bonchev–Trinajstić information content (AvgIpc) is 2.55. The second-order valence-corrected chi connectivity index (χ2v) is 4.50. The number of rotatable bonds is 6. The standard InChI is InChI=1S/C16H16N2O5/c1-22-13-4-6-14(7-5-13)23-10-16(21)18-17-9-11-2-3-12(19)8-15(11)20/h2-9,19-20H,10H2,1H3,(H,18,21). The first-order valence-electron chi connectivity index (χ1n) is 6.69. The summed E-state index contributed by atoms with van der Waals surface area (Å²) in [5.74, 6) is 0.575. The maximum absolute atomic E-state index is 11.6. The van der Waals surface area contributed by atoms with Crippen LogP contribution in [0.4, 0.5) is 0 Å². The van der Waals surface area contributed by atoms with E-state index in [-0.39, 0.29) is 18.1 Å². The van der Waals surface area contributed by atoms with Crippen LogP contribution in [0.1, 0.15) is 5.56 Å². The van der Waals surface area contributed by atoms with Crippen molar-refractivity contribution < 1.29 is 24.5 Å². The Morgan fingerprint density at radius 3 is 2.52 bits per heavy atom. The van der Waals surface area contributed by atoms with E-state index in [9.17, 15) is 9.90 Å². The summed E-state index contributed by atoms with van der Waals surface area (Å²) in [5, 5.41) is 22.4. The summed E-state index contributed by atoms with van der Waals surface area (Å²) in [4.78, 5) is 11.6. The molecule has 0 atom stereocenters. The number of ether oxygens (including phenoxy) is 2. The Labute approximate surface area is 132 Å². The van der Waals surface area contributed by atoms with Gasteiger partial charge in [-0.05, 0) is 36.4 Å². The summed E-state index contributed by atoms with van der Waals surface area (Å²) >= 11 is 0. The number of aromatic hydroxyl groups is 2. The molecule has 0 radical (unpaired) electrons. The fourth-order valence-electron chi connectivity index (χ4n) is 1.67. The van der Waals surface area contributed by atoms with Crippen LogP contribution < -0.4 is 14.9 Å². The molecular formula is C16H16N2O5. The van der Waals surface area contributed by atoms with Gasteiger partial charge in [-0.3, -0.25) is 4.79 Å². The molecule has 0 aliphatic heterocycles. The minimum absolute atomic E-state index is 0.0587. The molecule has 0 saturated heterocycles. The first kappa shape index (κ1) is 16.2. The molecule has 23 heavy (non-hydrogen) atoms. The minimum Gasteiger partial charge on any atom is -0.508 e. The number of benzene rings is 2. The Morgan fingerprint density at radius 1 is 1.17 bits per heavy atom. The molecule has 0 fully saturated rings. The normalized spacial score (nSPS) is 10.5. The van der Waals surface area contributed by atoms with Gasteiger partial charge in [0.05, 0.1) is 13.3 Å². The van der Waals surface area contributed by atoms with Crippen molar-refractivity contribution in [3.63, 3.8) is 0 Å². The summed E-state index contributed by atoms with van der Waals surface area (Å²) in [6.07, 6.45) is 1.26.